The van der Waals surface area contributed by atoms with Crippen LogP contribution in [0.2, 0.25) is 0 Å². The van der Waals surface area contributed by atoms with Crippen molar-refractivity contribution in [1.29, 1.82) is 0 Å². The number of primary amides is 1. The molecule has 28 heavy (non-hydrogen) atoms. The number of carbonyl (C=O) groups is 2. The third-order valence-electron chi connectivity index (χ3n) is 4.62. The van der Waals surface area contributed by atoms with Crippen LogP contribution in [0.1, 0.15) is 33.6 Å². The van der Waals surface area contributed by atoms with Crippen molar-refractivity contribution in [2.24, 2.45) is 5.73 Å². The first-order valence-corrected chi connectivity index (χ1v) is 8.98. The Morgan fingerprint density at radius 1 is 1.25 bits per heavy atom. The Balaban J connectivity index is 0.000000236. The predicted molar refractivity (Wildman–Crippen MR) is 104 cm³/mol. The lowest BCUT2D eigenvalue weighted by Crippen LogP contribution is -2.30. The Bertz CT molecular complexity index is 970. The fourth-order valence-corrected chi connectivity index (χ4v) is 2.99. The molecule has 0 atom stereocenters. The minimum absolute atomic E-state index is 0.328. The summed E-state index contributed by atoms with van der Waals surface area (Å²) in [5, 5.41) is 0.832. The summed E-state index contributed by atoms with van der Waals surface area (Å²) in [6.45, 7) is 1.86. The van der Waals surface area contributed by atoms with Crippen LogP contribution in [0, 0.1) is 0 Å². The number of nitrogens with zero attached hydrogens (tertiary/aromatic N) is 4. The van der Waals surface area contributed by atoms with Gasteiger partial charge in [0.05, 0.1) is 17.4 Å². The molecular weight excluding hydrogens is 361 g/mol. The molecule has 3 aromatic heterocycles. The number of amides is 1. The van der Waals surface area contributed by atoms with Gasteiger partial charge in [-0.2, -0.15) is 0 Å². The zero-order valence-corrected chi connectivity index (χ0v) is 15.6. The van der Waals surface area contributed by atoms with Crippen molar-refractivity contribution in [2.45, 2.75) is 19.0 Å². The van der Waals surface area contributed by atoms with Gasteiger partial charge in [0.1, 0.15) is 11.8 Å². The van der Waals surface area contributed by atoms with Crippen LogP contribution in [-0.4, -0.2) is 57.9 Å². The quantitative estimate of drug-likeness (QED) is 0.701. The zero-order valence-electron chi connectivity index (χ0n) is 15.6. The molecule has 1 saturated heterocycles. The standard InChI is InChI=1S/C14H10N4O2.C6H12FN/c15-13(20)11-4-12(7-16-6-11)18-2-1-10-3-9(8-19)5-17-14(10)18;1-8-4-2-6(7)3-5-8/h1-8H,(H2,15,20);6H,2-5H2,1H3. The summed E-state index contributed by atoms with van der Waals surface area (Å²) in [5.41, 5.74) is 7.45. The second-order valence-corrected chi connectivity index (χ2v) is 6.76. The van der Waals surface area contributed by atoms with E-state index in [9.17, 15) is 14.0 Å². The molecule has 0 saturated carbocycles. The van der Waals surface area contributed by atoms with Gasteiger partial charge in [0.25, 0.3) is 0 Å². The lowest BCUT2D eigenvalue weighted by Gasteiger charge is -2.23. The fraction of sp³-hybridized carbons (Fsp3) is 0.300. The summed E-state index contributed by atoms with van der Waals surface area (Å²) >= 11 is 0. The van der Waals surface area contributed by atoms with E-state index in [1.165, 1.54) is 12.4 Å². The number of fused-ring (bicyclic) bond motifs is 1. The first-order chi connectivity index (χ1) is 13.5. The molecule has 7 nitrogen and oxygen atoms in total. The predicted octanol–water partition coefficient (Wildman–Crippen LogP) is 2.38. The van der Waals surface area contributed by atoms with Crippen LogP contribution < -0.4 is 5.73 Å². The lowest BCUT2D eigenvalue weighted by atomic mass is 10.1. The molecule has 0 aliphatic carbocycles. The molecule has 2 N–H and O–H groups in total. The molecule has 146 valence electrons. The molecular formula is C20H22FN5O2. The topological polar surface area (TPSA) is 94.1 Å². The van der Waals surface area contributed by atoms with Gasteiger partial charge in [0.2, 0.25) is 5.91 Å². The van der Waals surface area contributed by atoms with Gasteiger partial charge >= 0.3 is 0 Å². The largest absolute Gasteiger partial charge is 0.366 e. The van der Waals surface area contributed by atoms with Crippen molar-refractivity contribution < 1.29 is 14.0 Å². The van der Waals surface area contributed by atoms with E-state index in [0.29, 0.717) is 22.5 Å². The molecule has 1 amide bonds. The summed E-state index contributed by atoms with van der Waals surface area (Å²) in [6.07, 6.45) is 8.01. The van der Waals surface area contributed by atoms with E-state index < -0.39 is 12.1 Å². The Morgan fingerprint density at radius 3 is 2.64 bits per heavy atom. The van der Waals surface area contributed by atoms with Crippen LogP contribution in [0.15, 0.2) is 43.0 Å². The molecule has 0 aromatic carbocycles. The number of alkyl halides is 1. The van der Waals surface area contributed by atoms with E-state index >= 15 is 0 Å². The van der Waals surface area contributed by atoms with E-state index in [4.69, 9.17) is 5.73 Å². The number of aromatic nitrogens is 3. The summed E-state index contributed by atoms with van der Waals surface area (Å²) in [5.74, 6) is -0.535. The fourth-order valence-electron chi connectivity index (χ4n) is 2.99. The highest BCUT2D eigenvalue weighted by Gasteiger charge is 2.14. The number of aldehydes is 1. The second-order valence-electron chi connectivity index (χ2n) is 6.76. The number of hydrogen-bond donors (Lipinski definition) is 1. The number of rotatable bonds is 3. The number of nitrogens with two attached hydrogens (primary N) is 1. The van der Waals surface area contributed by atoms with Gasteiger partial charge in [-0.25, -0.2) is 9.37 Å². The zero-order chi connectivity index (χ0) is 20.1. The maximum absolute atomic E-state index is 12.3. The Labute approximate surface area is 162 Å². The first-order valence-electron chi connectivity index (χ1n) is 8.98. The van der Waals surface area contributed by atoms with Gasteiger partial charge in [-0.15, -0.1) is 0 Å². The number of carbonyl (C=O) groups excluding carboxylic acids is 2. The van der Waals surface area contributed by atoms with Crippen LogP contribution in [-0.2, 0) is 0 Å². The van der Waals surface area contributed by atoms with E-state index in [0.717, 1.165) is 37.6 Å². The second kappa shape index (κ2) is 8.71. The minimum atomic E-state index is -0.535. The normalized spacial score (nSPS) is 15.1. The van der Waals surface area contributed by atoms with Crippen molar-refractivity contribution in [3.05, 3.63) is 54.1 Å². The van der Waals surface area contributed by atoms with Gasteiger partial charge in [0.15, 0.2) is 6.29 Å². The Kier molecular flexibility index (Phi) is 6.10. The van der Waals surface area contributed by atoms with Crippen LogP contribution in [0.25, 0.3) is 16.7 Å². The molecule has 1 aliphatic heterocycles. The molecule has 1 fully saturated rings. The van der Waals surface area contributed by atoms with E-state index in [-0.39, 0.29) is 0 Å². The number of hydrogen-bond acceptors (Lipinski definition) is 5. The first kappa shape index (κ1) is 19.6. The molecule has 0 bridgehead atoms. The lowest BCUT2D eigenvalue weighted by molar-refractivity contribution is 0.0999. The monoisotopic (exact) mass is 383 g/mol. The average molecular weight is 383 g/mol. The molecule has 0 radical (unpaired) electrons. The summed E-state index contributed by atoms with van der Waals surface area (Å²) in [4.78, 5) is 32.3. The number of pyridine rings is 2. The molecule has 3 aromatic rings. The Hall–Kier alpha value is -3.13. The summed E-state index contributed by atoms with van der Waals surface area (Å²) in [6, 6.07) is 5.23. The highest BCUT2D eigenvalue weighted by molar-refractivity contribution is 5.93. The van der Waals surface area contributed by atoms with E-state index in [1.54, 1.807) is 29.1 Å². The third kappa shape index (κ3) is 4.58. The highest BCUT2D eigenvalue weighted by Crippen LogP contribution is 2.19. The van der Waals surface area contributed by atoms with Crippen molar-refractivity contribution >= 4 is 23.2 Å². The molecule has 0 unspecified atom stereocenters. The van der Waals surface area contributed by atoms with Crippen molar-refractivity contribution in [2.75, 3.05) is 20.1 Å². The van der Waals surface area contributed by atoms with Crippen LogP contribution in [0.5, 0.6) is 0 Å². The minimum Gasteiger partial charge on any atom is -0.366 e. The smallest absolute Gasteiger partial charge is 0.250 e. The van der Waals surface area contributed by atoms with Crippen molar-refractivity contribution in [3.63, 3.8) is 0 Å². The van der Waals surface area contributed by atoms with Gasteiger partial charge in [0, 0.05) is 42.6 Å². The molecule has 0 spiro atoms. The van der Waals surface area contributed by atoms with Crippen LogP contribution in [0.3, 0.4) is 0 Å². The van der Waals surface area contributed by atoms with E-state index in [1.807, 2.05) is 13.1 Å². The van der Waals surface area contributed by atoms with Crippen molar-refractivity contribution in [1.82, 2.24) is 19.4 Å². The maximum Gasteiger partial charge on any atom is 0.250 e. The van der Waals surface area contributed by atoms with Crippen molar-refractivity contribution in [3.8, 4) is 5.69 Å². The Morgan fingerprint density at radius 2 is 2.00 bits per heavy atom. The SMILES string of the molecule is CN1CCC(F)CC1.NC(=O)c1cncc(-n2ccc3cc(C=O)cnc32)c1. The van der Waals surface area contributed by atoms with Gasteiger partial charge in [-0.1, -0.05) is 0 Å². The summed E-state index contributed by atoms with van der Waals surface area (Å²) in [7, 11) is 2.03. The van der Waals surface area contributed by atoms with Crippen LogP contribution >= 0.6 is 0 Å². The molecule has 4 heterocycles. The van der Waals surface area contributed by atoms with Crippen LogP contribution in [0.4, 0.5) is 4.39 Å². The third-order valence-corrected chi connectivity index (χ3v) is 4.62. The average Bonchev–Trinajstić information content (AvgIpc) is 3.14. The van der Waals surface area contributed by atoms with Gasteiger partial charge in [-0.05, 0) is 38.1 Å². The number of halogens is 1. The molecule has 1 aliphatic rings. The number of likely N-dealkylation sites (tertiary alicyclic amines) is 1. The summed E-state index contributed by atoms with van der Waals surface area (Å²) < 4.78 is 14.1. The van der Waals surface area contributed by atoms with Gasteiger partial charge in [-0.3, -0.25) is 19.1 Å². The van der Waals surface area contributed by atoms with Gasteiger partial charge < -0.3 is 10.6 Å². The molecule has 8 heteroatoms. The maximum atomic E-state index is 12.3. The van der Waals surface area contributed by atoms with E-state index in [2.05, 4.69) is 14.9 Å². The molecule has 4 rings (SSSR count). The highest BCUT2D eigenvalue weighted by atomic mass is 19.1. The number of piperidine rings is 1.